The summed E-state index contributed by atoms with van der Waals surface area (Å²) in [5, 5.41) is 0. The lowest BCUT2D eigenvalue weighted by Crippen LogP contribution is -2.33. The summed E-state index contributed by atoms with van der Waals surface area (Å²) in [4.78, 5) is 4.08. The van der Waals surface area contributed by atoms with Crippen LogP contribution >= 0.6 is 15.9 Å². The van der Waals surface area contributed by atoms with E-state index in [4.69, 9.17) is 0 Å². The molecule has 1 aliphatic heterocycles. The van der Waals surface area contributed by atoms with Crippen molar-refractivity contribution >= 4 is 15.9 Å². The molecule has 5 heteroatoms. The first-order chi connectivity index (χ1) is 9.45. The highest BCUT2D eigenvalue weighted by molar-refractivity contribution is 9.11. The van der Waals surface area contributed by atoms with E-state index in [0.717, 1.165) is 10.5 Å². The van der Waals surface area contributed by atoms with Crippen LogP contribution in [0, 0.1) is 11.6 Å². The first kappa shape index (κ1) is 15.2. The minimum Gasteiger partial charge on any atom is -0.365 e. The van der Waals surface area contributed by atoms with Gasteiger partial charge >= 0.3 is 0 Å². The topological polar surface area (TPSA) is 6.48 Å². The Morgan fingerprint density at radius 2 is 1.90 bits per heavy atom. The maximum atomic E-state index is 13.4. The van der Waals surface area contributed by atoms with Gasteiger partial charge in [0.2, 0.25) is 0 Å². The average molecular weight is 343 g/mol. The Hall–Kier alpha value is -1.20. The van der Waals surface area contributed by atoms with E-state index in [1.165, 1.54) is 12.1 Å². The van der Waals surface area contributed by atoms with E-state index in [1.54, 1.807) is 0 Å². The fourth-order valence-corrected chi connectivity index (χ4v) is 2.50. The third kappa shape index (κ3) is 3.90. The van der Waals surface area contributed by atoms with Gasteiger partial charge in [-0.3, -0.25) is 0 Å². The zero-order valence-electron chi connectivity index (χ0n) is 11.5. The van der Waals surface area contributed by atoms with Crippen LogP contribution in [0.5, 0.6) is 0 Å². The van der Waals surface area contributed by atoms with Gasteiger partial charge in [-0.25, -0.2) is 8.78 Å². The molecular formula is C15H17BrF2N2. The summed E-state index contributed by atoms with van der Waals surface area (Å²) in [6.45, 7) is 1.38. The van der Waals surface area contributed by atoms with Crippen LogP contribution in [-0.4, -0.2) is 37.0 Å². The van der Waals surface area contributed by atoms with Gasteiger partial charge in [0.1, 0.15) is 11.6 Å². The minimum atomic E-state index is -0.540. The van der Waals surface area contributed by atoms with Gasteiger partial charge in [0, 0.05) is 29.8 Å². The Labute approximate surface area is 126 Å². The number of nitrogens with zero attached hydrogens (tertiary/aromatic N) is 2. The van der Waals surface area contributed by atoms with Crippen LogP contribution in [-0.2, 0) is 0 Å². The van der Waals surface area contributed by atoms with E-state index in [0.29, 0.717) is 18.7 Å². The molecule has 1 aliphatic rings. The van der Waals surface area contributed by atoms with Crippen molar-refractivity contribution in [3.63, 3.8) is 0 Å². The molecule has 0 saturated carbocycles. The molecule has 1 unspecified atom stereocenters. The first-order valence-corrected chi connectivity index (χ1v) is 7.15. The molecule has 0 bridgehead atoms. The lowest BCUT2D eigenvalue weighted by Gasteiger charge is -2.33. The van der Waals surface area contributed by atoms with E-state index >= 15 is 0 Å². The van der Waals surface area contributed by atoms with Crippen molar-refractivity contribution in [2.75, 3.05) is 27.2 Å². The van der Waals surface area contributed by atoms with Gasteiger partial charge in [0.25, 0.3) is 0 Å². The summed E-state index contributed by atoms with van der Waals surface area (Å²) in [7, 11) is 3.89. The highest BCUT2D eigenvalue weighted by Gasteiger charge is 2.20. The molecule has 0 N–H and O–H groups in total. The fourth-order valence-electron chi connectivity index (χ4n) is 2.23. The number of allylic oxidation sites excluding steroid dienone is 2. The third-order valence-electron chi connectivity index (χ3n) is 3.13. The summed E-state index contributed by atoms with van der Waals surface area (Å²) < 4.78 is 27.9. The molecule has 0 aromatic heterocycles. The number of hydrogen-bond donors (Lipinski definition) is 0. The van der Waals surface area contributed by atoms with Crippen molar-refractivity contribution in [1.82, 2.24) is 9.80 Å². The standard InChI is InChI=1S/C15H17BrF2N2/c1-19(2)10-15(20-5-3-12(16)4-6-20)11-7-13(17)9-14(18)8-11/h3-5,7-9,15H,6,10H2,1-2H3. The largest absolute Gasteiger partial charge is 0.365 e. The summed E-state index contributed by atoms with van der Waals surface area (Å²) in [6.07, 6.45) is 5.90. The van der Waals surface area contributed by atoms with Crippen LogP contribution in [0.3, 0.4) is 0 Å². The molecule has 2 nitrogen and oxygen atoms in total. The Morgan fingerprint density at radius 3 is 2.40 bits per heavy atom. The van der Waals surface area contributed by atoms with Crippen LogP contribution < -0.4 is 0 Å². The zero-order chi connectivity index (χ0) is 14.7. The third-order valence-corrected chi connectivity index (χ3v) is 3.72. The van der Waals surface area contributed by atoms with Crippen LogP contribution in [0.15, 0.2) is 41.0 Å². The Morgan fingerprint density at radius 1 is 1.25 bits per heavy atom. The normalized spacial score (nSPS) is 16.5. The molecule has 0 amide bonds. The fraction of sp³-hybridized carbons (Fsp3) is 0.333. The Kier molecular flexibility index (Phi) is 4.94. The minimum absolute atomic E-state index is 0.0942. The smallest absolute Gasteiger partial charge is 0.126 e. The Bertz CT molecular complexity index is 520. The molecule has 0 fully saturated rings. The number of halogens is 3. The zero-order valence-corrected chi connectivity index (χ0v) is 13.1. The number of benzene rings is 1. The molecule has 1 heterocycles. The quantitative estimate of drug-likeness (QED) is 0.823. The molecule has 108 valence electrons. The molecule has 0 radical (unpaired) electrons. The average Bonchev–Trinajstić information content (AvgIpc) is 2.35. The lowest BCUT2D eigenvalue weighted by molar-refractivity contribution is 0.234. The highest BCUT2D eigenvalue weighted by atomic mass is 79.9. The van der Waals surface area contributed by atoms with Crippen LogP contribution in [0.2, 0.25) is 0 Å². The van der Waals surface area contributed by atoms with Gasteiger partial charge < -0.3 is 9.80 Å². The first-order valence-electron chi connectivity index (χ1n) is 6.36. The summed E-state index contributed by atoms with van der Waals surface area (Å²) in [5.74, 6) is -1.08. The van der Waals surface area contributed by atoms with Crippen molar-refractivity contribution in [2.24, 2.45) is 0 Å². The summed E-state index contributed by atoms with van der Waals surface area (Å²) >= 11 is 3.41. The highest BCUT2D eigenvalue weighted by Crippen LogP contribution is 2.26. The van der Waals surface area contributed by atoms with E-state index < -0.39 is 11.6 Å². The summed E-state index contributed by atoms with van der Waals surface area (Å²) in [6, 6.07) is 3.61. The van der Waals surface area contributed by atoms with Crippen LogP contribution in [0.25, 0.3) is 0 Å². The second-order valence-corrected chi connectivity index (χ2v) is 6.00. The van der Waals surface area contributed by atoms with Crippen molar-refractivity contribution in [3.05, 3.63) is 58.2 Å². The van der Waals surface area contributed by atoms with Gasteiger partial charge in [0.15, 0.2) is 0 Å². The van der Waals surface area contributed by atoms with Crippen molar-refractivity contribution in [1.29, 1.82) is 0 Å². The Balaban J connectivity index is 2.30. The van der Waals surface area contributed by atoms with Crippen molar-refractivity contribution in [2.45, 2.75) is 6.04 Å². The van der Waals surface area contributed by atoms with Gasteiger partial charge in [-0.2, -0.15) is 0 Å². The van der Waals surface area contributed by atoms with Crippen molar-refractivity contribution in [3.8, 4) is 0 Å². The molecule has 2 rings (SSSR count). The predicted molar refractivity (Wildman–Crippen MR) is 80.5 cm³/mol. The number of hydrogen-bond acceptors (Lipinski definition) is 2. The number of rotatable bonds is 4. The molecule has 1 aromatic rings. The molecule has 0 spiro atoms. The van der Waals surface area contributed by atoms with Gasteiger partial charge in [0.05, 0.1) is 6.04 Å². The van der Waals surface area contributed by atoms with E-state index in [2.05, 4.69) is 20.8 Å². The lowest BCUT2D eigenvalue weighted by atomic mass is 10.0. The van der Waals surface area contributed by atoms with Crippen LogP contribution in [0.4, 0.5) is 8.78 Å². The molecule has 0 aliphatic carbocycles. The molecule has 1 atom stereocenters. The maximum absolute atomic E-state index is 13.4. The maximum Gasteiger partial charge on any atom is 0.126 e. The molecule has 0 saturated heterocycles. The van der Waals surface area contributed by atoms with Crippen LogP contribution in [0.1, 0.15) is 11.6 Å². The van der Waals surface area contributed by atoms with Gasteiger partial charge in [-0.1, -0.05) is 22.0 Å². The van der Waals surface area contributed by atoms with E-state index in [1.807, 2.05) is 37.3 Å². The second kappa shape index (κ2) is 6.50. The van der Waals surface area contributed by atoms with Gasteiger partial charge in [-0.05, 0) is 37.9 Å². The van der Waals surface area contributed by atoms with Gasteiger partial charge in [-0.15, -0.1) is 0 Å². The molecule has 1 aromatic carbocycles. The number of likely N-dealkylation sites (N-methyl/N-ethyl adjacent to an activating group) is 1. The SMILES string of the molecule is CN(C)CC(c1cc(F)cc(F)c1)N1C=CC(Br)=CC1. The van der Waals surface area contributed by atoms with Crippen molar-refractivity contribution < 1.29 is 8.78 Å². The molecular weight excluding hydrogens is 326 g/mol. The second-order valence-electron chi connectivity index (χ2n) is 5.08. The monoisotopic (exact) mass is 342 g/mol. The predicted octanol–water partition coefficient (Wildman–Crippen LogP) is 3.68. The van der Waals surface area contributed by atoms with E-state index in [-0.39, 0.29) is 6.04 Å². The summed E-state index contributed by atoms with van der Waals surface area (Å²) in [5.41, 5.74) is 0.646. The van der Waals surface area contributed by atoms with E-state index in [9.17, 15) is 8.78 Å². The molecule has 20 heavy (non-hydrogen) atoms.